The molecule has 0 radical (unpaired) electrons. The highest BCUT2D eigenvalue weighted by Gasteiger charge is 2.33. The van der Waals surface area contributed by atoms with Gasteiger partial charge in [0.15, 0.2) is 0 Å². The predicted octanol–water partition coefficient (Wildman–Crippen LogP) is 12.5. The zero-order valence-corrected chi connectivity index (χ0v) is 29.4. The maximum absolute atomic E-state index is 15.0. The summed E-state index contributed by atoms with van der Waals surface area (Å²) in [5, 5.41) is 1.41. The summed E-state index contributed by atoms with van der Waals surface area (Å²) in [4.78, 5) is 30.0. The SMILES string of the molecule is CC(C)c1cccc(C(C)C)c1-n1c(=O)c2cc(-c3cccc(C(F)(F)F)c3)c3oc4ccccc4c4c(-c5cccc(C(F)(F)F)c5)cc(c1=O)c2c34. The molecule has 4 nitrogen and oxygen atoms in total. The molecule has 272 valence electrons. The molecule has 10 heteroatoms. The van der Waals surface area contributed by atoms with Crippen molar-refractivity contribution in [2.45, 2.75) is 51.9 Å². The molecule has 8 aromatic rings. The maximum atomic E-state index is 15.0. The van der Waals surface area contributed by atoms with Gasteiger partial charge >= 0.3 is 12.4 Å². The smallest absolute Gasteiger partial charge is 0.416 e. The third-order valence-corrected chi connectivity index (χ3v) is 10.2. The van der Waals surface area contributed by atoms with E-state index in [2.05, 4.69) is 0 Å². The average Bonchev–Trinajstić information content (AvgIpc) is 3.13. The fourth-order valence-corrected chi connectivity index (χ4v) is 7.68. The van der Waals surface area contributed by atoms with Crippen molar-refractivity contribution < 1.29 is 30.8 Å². The van der Waals surface area contributed by atoms with Gasteiger partial charge in [-0.2, -0.15) is 26.3 Å². The van der Waals surface area contributed by atoms with E-state index >= 15 is 9.59 Å². The van der Waals surface area contributed by atoms with E-state index in [0.29, 0.717) is 22.0 Å². The van der Waals surface area contributed by atoms with E-state index in [1.807, 2.05) is 45.9 Å². The van der Waals surface area contributed by atoms with Gasteiger partial charge < -0.3 is 4.42 Å². The molecule has 0 N–H and O–H groups in total. The first-order valence-electron chi connectivity index (χ1n) is 17.4. The summed E-state index contributed by atoms with van der Waals surface area (Å²) in [7, 11) is 0. The molecular formula is C44H31F6NO3. The Labute approximate surface area is 304 Å². The van der Waals surface area contributed by atoms with Crippen LogP contribution in [0.5, 0.6) is 0 Å². The summed E-state index contributed by atoms with van der Waals surface area (Å²) in [5.74, 6) is -0.246. The molecule has 6 aromatic carbocycles. The Hall–Kier alpha value is -5.90. The van der Waals surface area contributed by atoms with Crippen LogP contribution in [0.1, 0.15) is 61.8 Å². The van der Waals surface area contributed by atoms with Crippen molar-refractivity contribution in [3.63, 3.8) is 0 Å². The molecule has 0 saturated carbocycles. The van der Waals surface area contributed by atoms with Crippen LogP contribution in [0.3, 0.4) is 0 Å². The number of rotatable bonds is 5. The second-order valence-corrected chi connectivity index (χ2v) is 14.2. The number of para-hydroxylation sites is 2. The highest BCUT2D eigenvalue weighted by Crippen LogP contribution is 2.47. The molecule has 0 unspecified atom stereocenters. The second kappa shape index (κ2) is 12.3. The van der Waals surface area contributed by atoms with E-state index in [-0.39, 0.29) is 61.2 Å². The number of hydrogen-bond donors (Lipinski definition) is 0. The van der Waals surface area contributed by atoms with Gasteiger partial charge in [0, 0.05) is 37.9 Å². The molecule has 0 aliphatic carbocycles. The van der Waals surface area contributed by atoms with Crippen LogP contribution in [-0.4, -0.2) is 4.57 Å². The largest absolute Gasteiger partial charge is 0.455 e. The highest BCUT2D eigenvalue weighted by molar-refractivity contribution is 6.32. The van der Waals surface area contributed by atoms with Gasteiger partial charge in [0.1, 0.15) is 11.2 Å². The normalized spacial score (nSPS) is 12.7. The van der Waals surface area contributed by atoms with Crippen molar-refractivity contribution in [2.75, 3.05) is 0 Å². The number of aromatic nitrogens is 1. The molecule has 0 fully saturated rings. The van der Waals surface area contributed by atoms with E-state index in [4.69, 9.17) is 4.42 Å². The first-order valence-corrected chi connectivity index (χ1v) is 17.4. The van der Waals surface area contributed by atoms with Crippen LogP contribution >= 0.6 is 0 Å². The standard InChI is InChI=1S/C44H31F6NO3/c1-22(2)28-15-9-16-29(23(3)4)39(28)51-41(52)33-20-31(24-10-7-12-26(18-24)43(45,46)47)36-30-14-5-6-17-35(30)54-40-32(21-34(42(51)53)37(33)38(36)40)25-11-8-13-27(19-25)44(48,49)50/h5-23H,1-4H3. The van der Waals surface area contributed by atoms with Crippen molar-refractivity contribution in [1.82, 2.24) is 4.57 Å². The lowest BCUT2D eigenvalue weighted by molar-refractivity contribution is -0.138. The Morgan fingerprint density at radius 1 is 0.537 bits per heavy atom. The minimum atomic E-state index is -4.69. The zero-order valence-electron chi connectivity index (χ0n) is 29.4. The van der Waals surface area contributed by atoms with Gasteiger partial charge in [0.25, 0.3) is 11.1 Å². The van der Waals surface area contributed by atoms with Crippen LogP contribution in [0.25, 0.3) is 71.4 Å². The van der Waals surface area contributed by atoms with Gasteiger partial charge in [0.05, 0.1) is 16.8 Å². The zero-order chi connectivity index (χ0) is 38.4. The molecule has 0 saturated heterocycles. The Kier molecular flexibility index (Phi) is 8.03. The number of alkyl halides is 6. The summed E-state index contributed by atoms with van der Waals surface area (Å²) < 4.78 is 92.4. The fraction of sp³-hybridized carbons (Fsp3) is 0.182. The van der Waals surface area contributed by atoms with Crippen LogP contribution < -0.4 is 11.1 Å². The summed E-state index contributed by atoms with van der Waals surface area (Å²) >= 11 is 0. The van der Waals surface area contributed by atoms with Gasteiger partial charge in [0.2, 0.25) is 0 Å². The van der Waals surface area contributed by atoms with Gasteiger partial charge in [-0.3, -0.25) is 9.59 Å². The van der Waals surface area contributed by atoms with Crippen molar-refractivity contribution in [3.05, 3.63) is 146 Å². The molecule has 0 atom stereocenters. The van der Waals surface area contributed by atoms with E-state index in [1.54, 1.807) is 24.3 Å². The van der Waals surface area contributed by atoms with Crippen LogP contribution in [0.4, 0.5) is 26.3 Å². The topological polar surface area (TPSA) is 52.2 Å². The molecule has 8 rings (SSSR count). The molecule has 0 amide bonds. The van der Waals surface area contributed by atoms with Crippen LogP contribution in [0.15, 0.2) is 117 Å². The van der Waals surface area contributed by atoms with Crippen molar-refractivity contribution in [3.8, 4) is 27.9 Å². The van der Waals surface area contributed by atoms with E-state index in [0.717, 1.165) is 40.0 Å². The van der Waals surface area contributed by atoms with Crippen LogP contribution in [-0.2, 0) is 12.4 Å². The van der Waals surface area contributed by atoms with Crippen LogP contribution in [0, 0.1) is 0 Å². The first-order chi connectivity index (χ1) is 25.6. The van der Waals surface area contributed by atoms with Gasteiger partial charge in [-0.15, -0.1) is 0 Å². The first kappa shape index (κ1) is 35.1. The Morgan fingerprint density at radius 2 is 1.04 bits per heavy atom. The Balaban J connectivity index is 1.66. The number of fused-ring (bicyclic) bond motifs is 2. The number of benzene rings is 6. The highest BCUT2D eigenvalue weighted by atomic mass is 19.4. The fourth-order valence-electron chi connectivity index (χ4n) is 7.68. The Bertz CT molecular complexity index is 2860. The number of pyridine rings is 1. The van der Waals surface area contributed by atoms with Crippen molar-refractivity contribution in [1.29, 1.82) is 0 Å². The lowest BCUT2D eigenvalue weighted by Gasteiger charge is -2.23. The lowest BCUT2D eigenvalue weighted by Crippen LogP contribution is -2.34. The molecule has 2 aromatic heterocycles. The quantitative estimate of drug-likeness (QED) is 0.100. The molecule has 0 bridgehead atoms. The molecule has 54 heavy (non-hydrogen) atoms. The predicted molar refractivity (Wildman–Crippen MR) is 201 cm³/mol. The number of nitrogens with zero attached hydrogens (tertiary/aromatic N) is 1. The monoisotopic (exact) mass is 735 g/mol. The van der Waals surface area contributed by atoms with E-state index < -0.39 is 34.6 Å². The third-order valence-electron chi connectivity index (χ3n) is 10.2. The summed E-state index contributed by atoms with van der Waals surface area (Å²) in [6, 6.07) is 24.7. The number of hydrogen-bond acceptors (Lipinski definition) is 3. The molecule has 2 heterocycles. The summed E-state index contributed by atoms with van der Waals surface area (Å²) in [6.07, 6.45) is -9.37. The molecule has 0 aliphatic heterocycles. The summed E-state index contributed by atoms with van der Waals surface area (Å²) in [5.41, 5.74) is -0.306. The van der Waals surface area contributed by atoms with Crippen molar-refractivity contribution in [2.24, 2.45) is 0 Å². The lowest BCUT2D eigenvalue weighted by atomic mass is 9.86. The second-order valence-electron chi connectivity index (χ2n) is 14.2. The molecular weight excluding hydrogens is 704 g/mol. The summed E-state index contributed by atoms with van der Waals surface area (Å²) in [6.45, 7) is 7.75. The molecule has 0 spiro atoms. The van der Waals surface area contributed by atoms with Gasteiger partial charge in [-0.1, -0.05) is 88.4 Å². The van der Waals surface area contributed by atoms with Crippen molar-refractivity contribution >= 4 is 43.5 Å². The minimum Gasteiger partial charge on any atom is -0.455 e. The Morgan fingerprint density at radius 3 is 1.57 bits per heavy atom. The maximum Gasteiger partial charge on any atom is 0.416 e. The minimum absolute atomic E-state index is 0.0452. The number of halogens is 6. The van der Waals surface area contributed by atoms with Crippen LogP contribution in [0.2, 0.25) is 0 Å². The van der Waals surface area contributed by atoms with E-state index in [9.17, 15) is 26.3 Å². The van der Waals surface area contributed by atoms with Gasteiger partial charge in [-0.25, -0.2) is 4.57 Å². The van der Waals surface area contributed by atoms with E-state index in [1.165, 1.54) is 36.4 Å². The van der Waals surface area contributed by atoms with Gasteiger partial charge in [-0.05, 0) is 82.1 Å². The average molecular weight is 736 g/mol. The molecule has 0 aliphatic rings. The third kappa shape index (κ3) is 5.46.